The van der Waals surface area contributed by atoms with Crippen LogP contribution in [0.5, 0.6) is 0 Å². The number of hydrogen-bond acceptors (Lipinski definition) is 9. The van der Waals surface area contributed by atoms with Gasteiger partial charge in [-0.2, -0.15) is 0 Å². The molecule has 5 amide bonds. The number of piperidine rings is 1. The molecule has 0 unspecified atom stereocenters. The summed E-state index contributed by atoms with van der Waals surface area (Å²) < 4.78 is 5.38. The summed E-state index contributed by atoms with van der Waals surface area (Å²) >= 11 is 1.24. The number of likely N-dealkylation sites (tertiary alicyclic amines) is 1. The van der Waals surface area contributed by atoms with Crippen molar-refractivity contribution in [3.63, 3.8) is 0 Å². The third-order valence-corrected chi connectivity index (χ3v) is 9.03. The SMILES string of the molecule is CC(C)C[C@H](NC(=O)N1CCC(C(=O)Nc2nncs2)CC1)C(=O)N[C@@H](Cc1ccccc1)C(=O)N[C@@H](CC(C)C)C(=O)[C@@]1(C)CO1. The van der Waals surface area contributed by atoms with Crippen LogP contribution in [0, 0.1) is 17.8 Å². The zero-order valence-corrected chi connectivity index (χ0v) is 28.6. The Morgan fingerprint density at radius 1 is 0.915 bits per heavy atom. The highest BCUT2D eigenvalue weighted by Crippen LogP contribution is 2.30. The van der Waals surface area contributed by atoms with Gasteiger partial charge >= 0.3 is 6.03 Å². The molecule has 2 aliphatic rings. The average molecular weight is 670 g/mol. The molecular weight excluding hydrogens is 622 g/mol. The van der Waals surface area contributed by atoms with Gasteiger partial charge in [-0.1, -0.05) is 69.4 Å². The minimum atomic E-state index is -0.992. The first kappa shape index (κ1) is 35.9. The molecule has 13 nitrogen and oxygen atoms in total. The molecule has 4 atom stereocenters. The maximum atomic E-state index is 13.8. The second kappa shape index (κ2) is 16.3. The van der Waals surface area contributed by atoms with Gasteiger partial charge in [-0.25, -0.2) is 4.79 Å². The number of urea groups is 1. The maximum absolute atomic E-state index is 13.8. The number of benzene rings is 1. The summed E-state index contributed by atoms with van der Waals surface area (Å²) in [5.74, 6) is -1.37. The van der Waals surface area contributed by atoms with E-state index in [0.29, 0.717) is 50.5 Å². The van der Waals surface area contributed by atoms with Crippen molar-refractivity contribution in [1.29, 1.82) is 0 Å². The van der Waals surface area contributed by atoms with Crippen LogP contribution in [0.1, 0.15) is 65.9 Å². The number of Topliss-reactive ketones (excluding diaryl/α,β-unsaturated/α-hetero) is 1. The molecule has 1 aromatic carbocycles. The topological polar surface area (TPSA) is 175 Å². The van der Waals surface area contributed by atoms with E-state index >= 15 is 0 Å². The Balaban J connectivity index is 1.42. The van der Waals surface area contributed by atoms with Gasteiger partial charge in [0.2, 0.25) is 22.9 Å². The van der Waals surface area contributed by atoms with E-state index in [-0.39, 0.29) is 35.9 Å². The van der Waals surface area contributed by atoms with Crippen LogP contribution in [-0.4, -0.2) is 88.1 Å². The van der Waals surface area contributed by atoms with E-state index in [1.54, 1.807) is 11.8 Å². The van der Waals surface area contributed by atoms with Crippen LogP contribution in [-0.2, 0) is 30.3 Å². The van der Waals surface area contributed by atoms with E-state index in [4.69, 9.17) is 4.74 Å². The van der Waals surface area contributed by atoms with E-state index in [0.717, 1.165) is 5.56 Å². The van der Waals surface area contributed by atoms with Crippen LogP contribution in [0.3, 0.4) is 0 Å². The molecule has 1 aromatic heterocycles. The summed E-state index contributed by atoms with van der Waals surface area (Å²) in [6.45, 7) is 10.6. The van der Waals surface area contributed by atoms with Gasteiger partial charge in [0.15, 0.2) is 5.78 Å². The number of carbonyl (C=O) groups is 5. The normalized spacial score (nSPS) is 19.9. The van der Waals surface area contributed by atoms with E-state index in [9.17, 15) is 24.0 Å². The lowest BCUT2D eigenvalue weighted by molar-refractivity contribution is -0.133. The molecule has 0 spiro atoms. The molecule has 47 heavy (non-hydrogen) atoms. The first-order valence-corrected chi connectivity index (χ1v) is 17.2. The molecule has 2 aromatic rings. The molecule has 2 fully saturated rings. The Morgan fingerprint density at radius 3 is 2.09 bits per heavy atom. The molecule has 0 bridgehead atoms. The minimum absolute atomic E-state index is 0.0644. The van der Waals surface area contributed by atoms with E-state index in [1.165, 1.54) is 16.8 Å². The minimum Gasteiger partial charge on any atom is -0.361 e. The summed E-state index contributed by atoms with van der Waals surface area (Å²) in [6.07, 6.45) is 1.92. The Bertz CT molecular complexity index is 1380. The first-order valence-electron chi connectivity index (χ1n) is 16.3. The van der Waals surface area contributed by atoms with Crippen LogP contribution in [0.2, 0.25) is 0 Å². The van der Waals surface area contributed by atoms with Gasteiger partial charge in [0.25, 0.3) is 0 Å². The maximum Gasteiger partial charge on any atom is 0.318 e. The van der Waals surface area contributed by atoms with Crippen LogP contribution < -0.4 is 21.3 Å². The standard InChI is InChI=1S/C33H47N7O6S/c1-20(2)15-24(27(41)33(5)18-46-33)35-30(44)26(17-22-9-7-6-8-10-22)36-29(43)25(16-21(3)4)37-32(45)40-13-11-23(12-14-40)28(42)38-31-39-34-19-47-31/h6-10,19-21,23-26H,11-18H2,1-5H3,(H,35,44)(H,36,43)(H,37,45)(H,38,39,42)/t24-,25-,26-,33+/m0/s1. The van der Waals surface area contributed by atoms with Gasteiger partial charge < -0.3 is 30.9 Å². The average Bonchev–Trinajstić information content (AvgIpc) is 3.58. The number of amides is 5. The zero-order valence-electron chi connectivity index (χ0n) is 27.8. The Labute approximate surface area is 280 Å². The fourth-order valence-corrected chi connectivity index (χ4v) is 6.10. The zero-order chi connectivity index (χ0) is 34.1. The van der Waals surface area contributed by atoms with Crippen molar-refractivity contribution >= 4 is 46.0 Å². The number of nitrogens with zero attached hydrogens (tertiary/aromatic N) is 3. The molecule has 14 heteroatoms. The molecule has 2 aliphatic heterocycles. The number of carbonyl (C=O) groups excluding carboxylic acids is 5. The van der Waals surface area contributed by atoms with Crippen molar-refractivity contribution in [1.82, 2.24) is 31.0 Å². The molecule has 256 valence electrons. The van der Waals surface area contributed by atoms with Crippen LogP contribution >= 0.6 is 11.3 Å². The van der Waals surface area contributed by atoms with E-state index < -0.39 is 41.6 Å². The summed E-state index contributed by atoms with van der Waals surface area (Å²) in [4.78, 5) is 68.4. The van der Waals surface area contributed by atoms with Crippen molar-refractivity contribution in [3.05, 3.63) is 41.4 Å². The van der Waals surface area contributed by atoms with Crippen molar-refractivity contribution < 1.29 is 28.7 Å². The van der Waals surface area contributed by atoms with Crippen molar-refractivity contribution in [3.8, 4) is 0 Å². The third-order valence-electron chi connectivity index (χ3n) is 8.42. The number of ketones is 1. The number of anilines is 1. The second-order valence-electron chi connectivity index (χ2n) is 13.5. The smallest absolute Gasteiger partial charge is 0.318 e. The highest BCUT2D eigenvalue weighted by Gasteiger charge is 2.50. The summed E-state index contributed by atoms with van der Waals surface area (Å²) in [5, 5.41) is 19.4. The van der Waals surface area contributed by atoms with Gasteiger partial charge in [-0.3, -0.25) is 19.2 Å². The largest absolute Gasteiger partial charge is 0.361 e. The highest BCUT2D eigenvalue weighted by atomic mass is 32.1. The molecule has 4 rings (SSSR count). The Hall–Kier alpha value is -3.91. The monoisotopic (exact) mass is 669 g/mol. The molecule has 3 heterocycles. The first-order chi connectivity index (χ1) is 22.3. The van der Waals surface area contributed by atoms with Gasteiger partial charge in [-0.15, -0.1) is 10.2 Å². The van der Waals surface area contributed by atoms with Gasteiger partial charge in [-0.05, 0) is 50.0 Å². The lowest BCUT2D eigenvalue weighted by atomic mass is 9.93. The van der Waals surface area contributed by atoms with Gasteiger partial charge in [0, 0.05) is 25.4 Å². The number of hydrogen-bond donors (Lipinski definition) is 4. The van der Waals surface area contributed by atoms with Gasteiger partial charge in [0.05, 0.1) is 12.6 Å². The predicted octanol–water partition coefficient (Wildman–Crippen LogP) is 2.93. The number of ether oxygens (including phenoxy) is 1. The molecular formula is C33H47N7O6S. The van der Waals surface area contributed by atoms with Crippen LogP contribution in [0.4, 0.5) is 9.93 Å². The molecule has 0 radical (unpaired) electrons. The molecule has 2 saturated heterocycles. The van der Waals surface area contributed by atoms with Crippen molar-refractivity contribution in [2.45, 2.75) is 90.4 Å². The lowest BCUT2D eigenvalue weighted by Gasteiger charge is -2.33. The molecule has 4 N–H and O–H groups in total. The van der Waals surface area contributed by atoms with E-state index in [1.807, 2.05) is 58.0 Å². The van der Waals surface area contributed by atoms with Crippen LogP contribution in [0.15, 0.2) is 35.8 Å². The predicted molar refractivity (Wildman–Crippen MR) is 177 cm³/mol. The van der Waals surface area contributed by atoms with Crippen molar-refractivity contribution in [2.75, 3.05) is 25.0 Å². The quantitative estimate of drug-likeness (QED) is 0.209. The Morgan fingerprint density at radius 2 is 1.51 bits per heavy atom. The molecule has 0 saturated carbocycles. The number of nitrogens with one attached hydrogen (secondary N) is 4. The third kappa shape index (κ3) is 10.5. The molecule has 0 aliphatic carbocycles. The number of aromatic nitrogens is 2. The van der Waals surface area contributed by atoms with Crippen LogP contribution in [0.25, 0.3) is 0 Å². The fraction of sp³-hybridized carbons (Fsp3) is 0.606. The number of rotatable bonds is 15. The van der Waals surface area contributed by atoms with Crippen molar-refractivity contribution in [2.24, 2.45) is 17.8 Å². The summed E-state index contributed by atoms with van der Waals surface area (Å²) in [6, 6.07) is 6.25. The highest BCUT2D eigenvalue weighted by molar-refractivity contribution is 7.13. The second-order valence-corrected chi connectivity index (χ2v) is 14.3. The van der Waals surface area contributed by atoms with Gasteiger partial charge in [0.1, 0.15) is 23.2 Å². The number of epoxide rings is 1. The Kier molecular flexibility index (Phi) is 12.4. The van der Waals surface area contributed by atoms with E-state index in [2.05, 4.69) is 31.5 Å². The lowest BCUT2D eigenvalue weighted by Crippen LogP contribution is -2.58. The fourth-order valence-electron chi connectivity index (χ4n) is 5.65. The summed E-state index contributed by atoms with van der Waals surface area (Å²) in [5.41, 5.74) is 1.46. The summed E-state index contributed by atoms with van der Waals surface area (Å²) in [7, 11) is 0.